The number of nitrogens with two attached hydrogens (primary N) is 1. The largest absolute Gasteiger partial charge is 0.465 e. The average Bonchev–Trinajstić information content (AvgIpc) is 2.59. The molecule has 0 aromatic heterocycles. The highest BCUT2D eigenvalue weighted by atomic mass is 16.5. The number of aliphatic imine (C=N–C) groups is 1. The van der Waals surface area contributed by atoms with Crippen molar-refractivity contribution in [2.45, 2.75) is 81.2 Å². The van der Waals surface area contributed by atoms with Crippen molar-refractivity contribution < 1.29 is 19.1 Å². The SMILES string of the molecule is CC(=O)OCC(C)(C)C=NC1CC(C)(C)CC(C)(CN)C1=CC(C)(C)COC(C)=O. The Kier molecular flexibility index (Phi) is 8.46. The molecule has 1 rings (SSSR count). The maximum Gasteiger partial charge on any atom is 0.302 e. The van der Waals surface area contributed by atoms with Crippen LogP contribution in [0.15, 0.2) is 16.6 Å². The van der Waals surface area contributed by atoms with Crippen LogP contribution in [-0.4, -0.2) is 44.0 Å². The van der Waals surface area contributed by atoms with Crippen LogP contribution in [0.3, 0.4) is 0 Å². The maximum atomic E-state index is 11.3. The molecule has 30 heavy (non-hydrogen) atoms. The molecule has 2 atom stereocenters. The lowest BCUT2D eigenvalue weighted by Crippen LogP contribution is -2.45. The Morgan fingerprint density at radius 2 is 1.57 bits per heavy atom. The van der Waals surface area contributed by atoms with Crippen LogP contribution in [-0.2, 0) is 19.1 Å². The van der Waals surface area contributed by atoms with Gasteiger partial charge in [0.25, 0.3) is 0 Å². The van der Waals surface area contributed by atoms with E-state index in [0.717, 1.165) is 12.8 Å². The van der Waals surface area contributed by atoms with Crippen molar-refractivity contribution in [3.63, 3.8) is 0 Å². The minimum absolute atomic E-state index is 0.0319. The summed E-state index contributed by atoms with van der Waals surface area (Å²) in [6.07, 6.45) is 5.98. The summed E-state index contributed by atoms with van der Waals surface area (Å²) in [5.74, 6) is -0.576. The van der Waals surface area contributed by atoms with Gasteiger partial charge in [-0.15, -0.1) is 0 Å². The number of nitrogens with zero attached hydrogens (tertiary/aromatic N) is 1. The third kappa shape index (κ3) is 8.21. The summed E-state index contributed by atoms with van der Waals surface area (Å²) in [5.41, 5.74) is 6.67. The fourth-order valence-corrected chi connectivity index (χ4v) is 4.23. The van der Waals surface area contributed by atoms with Gasteiger partial charge in [-0.05, 0) is 23.8 Å². The standard InChI is InChI=1S/C24H42N2O4/c1-17(27)29-15-22(5,6)10-19-20(11-21(3,4)12-24(19,9)13-25)26-14-23(7,8)16-30-18(2)28/h10,14,20H,11-13,15-16,25H2,1-9H3. The third-order valence-corrected chi connectivity index (χ3v) is 5.57. The molecule has 172 valence electrons. The summed E-state index contributed by atoms with van der Waals surface area (Å²) in [6.45, 7) is 18.8. The zero-order valence-corrected chi connectivity index (χ0v) is 20.4. The van der Waals surface area contributed by atoms with Gasteiger partial charge >= 0.3 is 11.9 Å². The molecular formula is C24H42N2O4. The molecule has 0 aromatic rings. The van der Waals surface area contributed by atoms with Gasteiger partial charge in [-0.3, -0.25) is 14.6 Å². The number of ether oxygens (including phenoxy) is 2. The minimum atomic E-state index is -0.370. The topological polar surface area (TPSA) is 91.0 Å². The van der Waals surface area contributed by atoms with E-state index < -0.39 is 0 Å². The van der Waals surface area contributed by atoms with E-state index in [2.05, 4.69) is 40.7 Å². The van der Waals surface area contributed by atoms with Crippen LogP contribution in [0.2, 0.25) is 0 Å². The van der Waals surface area contributed by atoms with Crippen LogP contribution >= 0.6 is 0 Å². The van der Waals surface area contributed by atoms with Gasteiger partial charge in [0.2, 0.25) is 0 Å². The maximum absolute atomic E-state index is 11.3. The van der Waals surface area contributed by atoms with E-state index in [-0.39, 0.29) is 46.2 Å². The zero-order chi connectivity index (χ0) is 23.4. The summed E-state index contributed by atoms with van der Waals surface area (Å²) in [7, 11) is 0. The summed E-state index contributed by atoms with van der Waals surface area (Å²) in [6, 6.07) is -0.0319. The van der Waals surface area contributed by atoms with E-state index in [1.165, 1.54) is 19.4 Å². The van der Waals surface area contributed by atoms with Gasteiger partial charge in [-0.2, -0.15) is 0 Å². The summed E-state index contributed by atoms with van der Waals surface area (Å²) in [4.78, 5) is 27.5. The molecule has 2 unspecified atom stereocenters. The Morgan fingerprint density at radius 3 is 2.03 bits per heavy atom. The number of esters is 2. The Labute approximate surface area is 182 Å². The van der Waals surface area contributed by atoms with E-state index in [1.807, 2.05) is 20.1 Å². The first-order valence-electron chi connectivity index (χ1n) is 10.8. The number of hydrogen-bond donors (Lipinski definition) is 1. The van der Waals surface area contributed by atoms with Crippen LogP contribution < -0.4 is 5.73 Å². The first-order valence-corrected chi connectivity index (χ1v) is 10.8. The number of rotatable bonds is 8. The van der Waals surface area contributed by atoms with E-state index in [0.29, 0.717) is 13.2 Å². The summed E-state index contributed by atoms with van der Waals surface area (Å²) < 4.78 is 10.5. The Balaban J connectivity index is 3.31. The van der Waals surface area contributed by atoms with Crippen molar-refractivity contribution in [3.05, 3.63) is 11.6 Å². The van der Waals surface area contributed by atoms with Gasteiger partial charge in [0.1, 0.15) is 6.61 Å². The van der Waals surface area contributed by atoms with Crippen molar-refractivity contribution in [1.82, 2.24) is 0 Å². The number of carbonyl (C=O) groups excluding carboxylic acids is 2. The van der Waals surface area contributed by atoms with Gasteiger partial charge in [-0.25, -0.2) is 0 Å². The fourth-order valence-electron chi connectivity index (χ4n) is 4.23. The first-order chi connectivity index (χ1) is 13.5. The highest BCUT2D eigenvalue weighted by Gasteiger charge is 2.45. The van der Waals surface area contributed by atoms with Crippen molar-refractivity contribution >= 4 is 18.2 Å². The lowest BCUT2D eigenvalue weighted by molar-refractivity contribution is -0.143. The monoisotopic (exact) mass is 422 g/mol. The van der Waals surface area contributed by atoms with E-state index in [1.54, 1.807) is 0 Å². The van der Waals surface area contributed by atoms with Gasteiger partial charge in [0.15, 0.2) is 0 Å². The zero-order valence-electron chi connectivity index (χ0n) is 20.4. The number of hydrogen-bond acceptors (Lipinski definition) is 6. The lowest BCUT2D eigenvalue weighted by Gasteiger charge is -2.48. The molecule has 1 aliphatic rings. The molecule has 1 aliphatic carbocycles. The molecular weight excluding hydrogens is 380 g/mol. The van der Waals surface area contributed by atoms with Crippen molar-refractivity contribution in [1.29, 1.82) is 0 Å². The van der Waals surface area contributed by atoms with Crippen LogP contribution in [0, 0.1) is 21.7 Å². The van der Waals surface area contributed by atoms with Crippen LogP contribution in [0.1, 0.15) is 75.2 Å². The van der Waals surface area contributed by atoms with E-state index >= 15 is 0 Å². The second-order valence-electron chi connectivity index (χ2n) is 11.2. The lowest BCUT2D eigenvalue weighted by atomic mass is 9.59. The highest BCUT2D eigenvalue weighted by molar-refractivity contribution is 5.69. The molecule has 6 nitrogen and oxygen atoms in total. The predicted octanol–water partition coefficient (Wildman–Crippen LogP) is 4.32. The molecule has 0 radical (unpaired) electrons. The summed E-state index contributed by atoms with van der Waals surface area (Å²) in [5, 5.41) is 0. The molecule has 6 heteroatoms. The van der Waals surface area contributed by atoms with E-state index in [4.69, 9.17) is 20.2 Å². The van der Waals surface area contributed by atoms with E-state index in [9.17, 15) is 9.59 Å². The molecule has 1 saturated carbocycles. The molecule has 1 fully saturated rings. The molecule has 0 heterocycles. The van der Waals surface area contributed by atoms with Crippen LogP contribution in [0.25, 0.3) is 0 Å². The van der Waals surface area contributed by atoms with Crippen LogP contribution in [0.5, 0.6) is 0 Å². The number of carbonyl (C=O) groups is 2. The van der Waals surface area contributed by atoms with Crippen molar-refractivity contribution in [3.8, 4) is 0 Å². The smallest absolute Gasteiger partial charge is 0.302 e. The molecule has 2 N–H and O–H groups in total. The minimum Gasteiger partial charge on any atom is -0.465 e. The molecule has 0 bridgehead atoms. The van der Waals surface area contributed by atoms with Crippen LogP contribution in [0.4, 0.5) is 0 Å². The van der Waals surface area contributed by atoms with Crippen molar-refractivity contribution in [2.24, 2.45) is 32.4 Å². The second-order valence-corrected chi connectivity index (χ2v) is 11.2. The molecule has 0 amide bonds. The average molecular weight is 423 g/mol. The van der Waals surface area contributed by atoms with Gasteiger partial charge in [0, 0.05) is 42.9 Å². The predicted molar refractivity (Wildman–Crippen MR) is 121 cm³/mol. The third-order valence-electron chi connectivity index (χ3n) is 5.57. The van der Waals surface area contributed by atoms with Crippen molar-refractivity contribution in [2.75, 3.05) is 19.8 Å². The molecule has 0 saturated heterocycles. The fraction of sp³-hybridized carbons (Fsp3) is 0.792. The quantitative estimate of drug-likeness (QED) is 0.357. The van der Waals surface area contributed by atoms with Gasteiger partial charge < -0.3 is 15.2 Å². The molecule has 0 aliphatic heterocycles. The Hall–Kier alpha value is -1.69. The summed E-state index contributed by atoms with van der Waals surface area (Å²) >= 11 is 0. The molecule has 0 spiro atoms. The normalized spacial score (nSPS) is 26.1. The first kappa shape index (κ1) is 26.3. The van der Waals surface area contributed by atoms with Gasteiger partial charge in [0.05, 0.1) is 12.6 Å². The Bertz CT molecular complexity index is 691. The van der Waals surface area contributed by atoms with Gasteiger partial charge in [-0.1, -0.05) is 54.5 Å². The molecule has 0 aromatic carbocycles. The second kappa shape index (κ2) is 9.63. The highest BCUT2D eigenvalue weighted by Crippen LogP contribution is 2.50. The Morgan fingerprint density at radius 1 is 1.07 bits per heavy atom.